The molecule has 0 unspecified atom stereocenters. The zero-order chi connectivity index (χ0) is 16.0. The van der Waals surface area contributed by atoms with Gasteiger partial charge in [-0.25, -0.2) is 8.42 Å². The molecule has 0 aromatic heterocycles. The number of hydrogen-bond donors (Lipinski definition) is 2. The molecule has 2 N–H and O–H groups in total. The van der Waals surface area contributed by atoms with Crippen molar-refractivity contribution in [2.75, 3.05) is 26.0 Å². The van der Waals surface area contributed by atoms with Gasteiger partial charge in [-0.05, 0) is 43.7 Å². The lowest BCUT2D eigenvalue weighted by atomic mass is 10.1. The Morgan fingerprint density at radius 3 is 2.68 bits per heavy atom. The normalized spacial score (nSPS) is 18.7. The van der Waals surface area contributed by atoms with Crippen molar-refractivity contribution in [3.05, 3.63) is 24.3 Å². The second-order valence-electron chi connectivity index (χ2n) is 5.45. The van der Waals surface area contributed by atoms with Gasteiger partial charge in [-0.2, -0.15) is 0 Å². The fraction of sp³-hybridized carbons (Fsp3) is 0.533. The van der Waals surface area contributed by atoms with Gasteiger partial charge in [0.25, 0.3) is 0 Å². The van der Waals surface area contributed by atoms with Crippen LogP contribution in [0.5, 0.6) is 5.75 Å². The first kappa shape index (κ1) is 16.8. The third kappa shape index (κ3) is 5.31. The van der Waals surface area contributed by atoms with E-state index in [9.17, 15) is 13.2 Å². The summed E-state index contributed by atoms with van der Waals surface area (Å²) in [6.07, 6.45) is 3.53. The van der Waals surface area contributed by atoms with Crippen LogP contribution < -0.4 is 15.4 Å². The summed E-state index contributed by atoms with van der Waals surface area (Å²) in [5, 5.41) is 6.22. The first-order valence-electron chi connectivity index (χ1n) is 7.38. The highest BCUT2D eigenvalue weighted by atomic mass is 32.2. The molecule has 6 nitrogen and oxygen atoms in total. The number of carbonyl (C=O) groups is 1. The van der Waals surface area contributed by atoms with E-state index in [1.54, 1.807) is 12.1 Å². The minimum Gasteiger partial charge on any atom is -0.493 e. The Hall–Kier alpha value is -1.60. The zero-order valence-corrected chi connectivity index (χ0v) is 13.5. The summed E-state index contributed by atoms with van der Waals surface area (Å²) in [5.41, 5.74) is 0. The molecule has 1 saturated heterocycles. The summed E-state index contributed by atoms with van der Waals surface area (Å²) in [6, 6.07) is 6.39. The van der Waals surface area contributed by atoms with E-state index in [-0.39, 0.29) is 29.9 Å². The monoisotopic (exact) mass is 326 g/mol. The fourth-order valence-electron chi connectivity index (χ4n) is 2.32. The molecule has 1 aromatic carbocycles. The molecule has 0 radical (unpaired) electrons. The molecule has 22 heavy (non-hydrogen) atoms. The molecular formula is C15H22N2O4S. The van der Waals surface area contributed by atoms with Gasteiger partial charge in [-0.3, -0.25) is 4.79 Å². The molecular weight excluding hydrogens is 304 g/mol. The molecule has 1 fully saturated rings. The van der Waals surface area contributed by atoms with Crippen molar-refractivity contribution >= 4 is 15.7 Å². The number of hydrogen-bond acceptors (Lipinski definition) is 5. The largest absolute Gasteiger partial charge is 0.493 e. The number of benzene rings is 1. The summed E-state index contributed by atoms with van der Waals surface area (Å²) in [5.74, 6) is 0.529. The SMILES string of the molecule is CS(=O)(=O)c1ccc(OCCC(=O)N[C@H]2CCCNC2)cc1. The third-order valence-corrected chi connectivity index (χ3v) is 4.64. The van der Waals surface area contributed by atoms with Crippen LogP contribution in [0.2, 0.25) is 0 Å². The maximum atomic E-state index is 11.8. The highest BCUT2D eigenvalue weighted by Crippen LogP contribution is 2.15. The van der Waals surface area contributed by atoms with Crippen LogP contribution >= 0.6 is 0 Å². The van der Waals surface area contributed by atoms with Gasteiger partial charge in [0.2, 0.25) is 5.91 Å². The predicted octanol–water partition coefficient (Wildman–Crippen LogP) is 0.727. The van der Waals surface area contributed by atoms with Crippen molar-refractivity contribution in [3.63, 3.8) is 0 Å². The lowest BCUT2D eigenvalue weighted by Gasteiger charge is -2.23. The van der Waals surface area contributed by atoms with Crippen molar-refractivity contribution in [2.45, 2.75) is 30.2 Å². The number of piperidine rings is 1. The molecule has 2 rings (SSSR count). The van der Waals surface area contributed by atoms with Crippen molar-refractivity contribution < 1.29 is 17.9 Å². The summed E-state index contributed by atoms with van der Waals surface area (Å²) in [4.78, 5) is 12.0. The van der Waals surface area contributed by atoms with E-state index >= 15 is 0 Å². The lowest BCUT2D eigenvalue weighted by molar-refractivity contribution is -0.122. The first-order valence-corrected chi connectivity index (χ1v) is 9.27. The summed E-state index contributed by atoms with van der Waals surface area (Å²) in [7, 11) is -3.20. The number of ether oxygens (including phenoxy) is 1. The van der Waals surface area contributed by atoms with Crippen LogP contribution in [0.1, 0.15) is 19.3 Å². The number of sulfone groups is 1. The van der Waals surface area contributed by atoms with Crippen molar-refractivity contribution in [2.24, 2.45) is 0 Å². The third-order valence-electron chi connectivity index (χ3n) is 3.51. The number of rotatable bonds is 6. The maximum Gasteiger partial charge on any atom is 0.223 e. The van der Waals surface area contributed by atoms with Crippen molar-refractivity contribution in [1.29, 1.82) is 0 Å². The molecule has 0 saturated carbocycles. The minimum atomic E-state index is -3.20. The highest BCUT2D eigenvalue weighted by molar-refractivity contribution is 7.90. The Morgan fingerprint density at radius 1 is 1.36 bits per heavy atom. The molecule has 1 aliphatic heterocycles. The van der Waals surface area contributed by atoms with Crippen molar-refractivity contribution in [3.8, 4) is 5.75 Å². The second kappa shape index (κ2) is 7.60. The van der Waals surface area contributed by atoms with Crippen LogP contribution in [-0.4, -0.2) is 46.3 Å². The van der Waals surface area contributed by atoms with Crippen LogP contribution in [0.4, 0.5) is 0 Å². The van der Waals surface area contributed by atoms with Gasteiger partial charge < -0.3 is 15.4 Å². The van der Waals surface area contributed by atoms with Gasteiger partial charge in [0.05, 0.1) is 17.9 Å². The lowest BCUT2D eigenvalue weighted by Crippen LogP contribution is -2.45. The van der Waals surface area contributed by atoms with Crippen molar-refractivity contribution in [1.82, 2.24) is 10.6 Å². The van der Waals surface area contributed by atoms with E-state index in [0.717, 1.165) is 32.2 Å². The van der Waals surface area contributed by atoms with E-state index in [0.29, 0.717) is 5.75 Å². The Morgan fingerprint density at radius 2 is 2.09 bits per heavy atom. The summed E-state index contributed by atoms with van der Waals surface area (Å²) in [6.45, 7) is 2.10. The highest BCUT2D eigenvalue weighted by Gasteiger charge is 2.15. The Bertz CT molecular complexity index is 592. The smallest absolute Gasteiger partial charge is 0.223 e. The average molecular weight is 326 g/mol. The fourth-order valence-corrected chi connectivity index (χ4v) is 2.95. The zero-order valence-electron chi connectivity index (χ0n) is 12.7. The molecule has 1 atom stereocenters. The van der Waals surface area contributed by atoms with E-state index in [1.807, 2.05) is 0 Å². The number of amides is 1. The van der Waals surface area contributed by atoms with Crippen LogP contribution in [0.15, 0.2) is 29.2 Å². The van der Waals surface area contributed by atoms with Gasteiger partial charge in [0.15, 0.2) is 9.84 Å². The molecule has 0 bridgehead atoms. The molecule has 0 spiro atoms. The standard InChI is InChI=1S/C15H22N2O4S/c1-22(19,20)14-6-4-13(5-7-14)21-10-8-15(18)17-12-3-2-9-16-11-12/h4-7,12,16H,2-3,8-11H2,1H3,(H,17,18)/t12-/m0/s1. The van der Waals surface area contributed by atoms with Gasteiger partial charge in [0, 0.05) is 18.8 Å². The Labute approximate surface area is 131 Å². The van der Waals surface area contributed by atoms with E-state index in [4.69, 9.17) is 4.74 Å². The van der Waals surface area contributed by atoms with E-state index in [1.165, 1.54) is 12.1 Å². The van der Waals surface area contributed by atoms with Crippen LogP contribution in [0, 0.1) is 0 Å². The molecule has 1 aromatic rings. The van der Waals surface area contributed by atoms with Crippen LogP contribution in [-0.2, 0) is 14.6 Å². The summed E-state index contributed by atoms with van der Waals surface area (Å²) >= 11 is 0. The van der Waals surface area contributed by atoms with E-state index in [2.05, 4.69) is 10.6 Å². The molecule has 122 valence electrons. The topological polar surface area (TPSA) is 84.5 Å². The molecule has 1 aliphatic rings. The number of carbonyl (C=O) groups excluding carboxylic acids is 1. The van der Waals surface area contributed by atoms with Gasteiger partial charge >= 0.3 is 0 Å². The van der Waals surface area contributed by atoms with E-state index < -0.39 is 9.84 Å². The summed E-state index contributed by atoms with van der Waals surface area (Å²) < 4.78 is 28.1. The predicted molar refractivity (Wildman–Crippen MR) is 83.7 cm³/mol. The maximum absolute atomic E-state index is 11.8. The molecule has 7 heteroatoms. The van der Waals surface area contributed by atoms with Gasteiger partial charge in [0.1, 0.15) is 5.75 Å². The first-order chi connectivity index (χ1) is 10.4. The quantitative estimate of drug-likeness (QED) is 0.805. The van der Waals surface area contributed by atoms with Gasteiger partial charge in [-0.1, -0.05) is 0 Å². The molecule has 1 amide bonds. The van der Waals surface area contributed by atoms with Crippen LogP contribution in [0.3, 0.4) is 0 Å². The molecule has 1 heterocycles. The van der Waals surface area contributed by atoms with Crippen LogP contribution in [0.25, 0.3) is 0 Å². The average Bonchev–Trinajstić information content (AvgIpc) is 2.48. The molecule has 0 aliphatic carbocycles. The van der Waals surface area contributed by atoms with Gasteiger partial charge in [-0.15, -0.1) is 0 Å². The Balaban J connectivity index is 1.72. The second-order valence-corrected chi connectivity index (χ2v) is 7.47. The Kier molecular flexibility index (Phi) is 5.79. The minimum absolute atomic E-state index is 0.0264. The number of nitrogens with one attached hydrogen (secondary N) is 2.